The predicted molar refractivity (Wildman–Crippen MR) is 99.1 cm³/mol. The Bertz CT molecular complexity index is 876. The molecule has 0 spiro atoms. The van der Waals surface area contributed by atoms with E-state index in [1.807, 2.05) is 55.6 Å². The van der Waals surface area contributed by atoms with Gasteiger partial charge in [-0.15, -0.1) is 0 Å². The lowest BCUT2D eigenvalue weighted by Crippen LogP contribution is -2.34. The van der Waals surface area contributed by atoms with E-state index < -0.39 is 0 Å². The first-order valence-corrected chi connectivity index (χ1v) is 8.42. The summed E-state index contributed by atoms with van der Waals surface area (Å²) >= 11 is 0. The molecule has 1 heterocycles. The molecule has 0 radical (unpaired) electrons. The molecule has 0 bridgehead atoms. The van der Waals surface area contributed by atoms with E-state index in [2.05, 4.69) is 11.1 Å². The SMILES string of the molecule is Cc1cccc(CN(CCO)C(=O)Cc2ccc3cnccc3c2)c1. The molecular weight excluding hydrogens is 312 g/mol. The van der Waals surface area contributed by atoms with Gasteiger partial charge in [0.2, 0.25) is 5.91 Å². The molecule has 25 heavy (non-hydrogen) atoms. The molecule has 0 aliphatic rings. The second-order valence-corrected chi connectivity index (χ2v) is 6.26. The number of pyridine rings is 1. The van der Waals surface area contributed by atoms with Gasteiger partial charge in [0.1, 0.15) is 0 Å². The number of aryl methyl sites for hydroxylation is 1. The molecule has 4 heteroatoms. The predicted octanol–water partition coefficient (Wildman–Crippen LogP) is 3.11. The topological polar surface area (TPSA) is 53.4 Å². The monoisotopic (exact) mass is 334 g/mol. The highest BCUT2D eigenvalue weighted by atomic mass is 16.3. The minimum absolute atomic E-state index is 0.0176. The van der Waals surface area contributed by atoms with Gasteiger partial charge >= 0.3 is 0 Å². The average molecular weight is 334 g/mol. The molecule has 3 rings (SSSR count). The van der Waals surface area contributed by atoms with Gasteiger partial charge in [-0.05, 0) is 29.5 Å². The Kier molecular flexibility index (Phi) is 5.41. The van der Waals surface area contributed by atoms with Crippen molar-refractivity contribution in [1.29, 1.82) is 0 Å². The van der Waals surface area contributed by atoms with Crippen LogP contribution in [-0.4, -0.2) is 34.0 Å². The van der Waals surface area contributed by atoms with E-state index in [-0.39, 0.29) is 12.5 Å². The molecule has 0 saturated carbocycles. The minimum Gasteiger partial charge on any atom is -0.395 e. The summed E-state index contributed by atoms with van der Waals surface area (Å²) in [6, 6.07) is 16.0. The van der Waals surface area contributed by atoms with E-state index >= 15 is 0 Å². The number of aliphatic hydroxyl groups is 1. The second-order valence-electron chi connectivity index (χ2n) is 6.26. The van der Waals surface area contributed by atoms with Crippen LogP contribution >= 0.6 is 0 Å². The van der Waals surface area contributed by atoms with Gasteiger partial charge in [-0.1, -0.05) is 48.0 Å². The highest BCUT2D eigenvalue weighted by Gasteiger charge is 2.14. The van der Waals surface area contributed by atoms with Crippen molar-refractivity contribution in [3.05, 3.63) is 77.6 Å². The van der Waals surface area contributed by atoms with Crippen LogP contribution in [-0.2, 0) is 17.8 Å². The maximum absolute atomic E-state index is 12.7. The van der Waals surface area contributed by atoms with E-state index in [1.165, 1.54) is 0 Å². The average Bonchev–Trinajstić information content (AvgIpc) is 2.61. The minimum atomic E-state index is -0.0407. The zero-order chi connectivity index (χ0) is 17.6. The number of benzene rings is 2. The van der Waals surface area contributed by atoms with Crippen molar-refractivity contribution in [2.24, 2.45) is 0 Å². The maximum atomic E-state index is 12.7. The lowest BCUT2D eigenvalue weighted by Gasteiger charge is -2.22. The van der Waals surface area contributed by atoms with Crippen molar-refractivity contribution >= 4 is 16.7 Å². The summed E-state index contributed by atoms with van der Waals surface area (Å²) in [6.45, 7) is 2.84. The fourth-order valence-corrected chi connectivity index (χ4v) is 2.97. The van der Waals surface area contributed by atoms with Crippen LogP contribution in [0.3, 0.4) is 0 Å². The maximum Gasteiger partial charge on any atom is 0.227 e. The van der Waals surface area contributed by atoms with E-state index in [0.29, 0.717) is 19.5 Å². The van der Waals surface area contributed by atoms with Crippen molar-refractivity contribution in [1.82, 2.24) is 9.88 Å². The van der Waals surface area contributed by atoms with Crippen LogP contribution in [0.15, 0.2) is 60.9 Å². The van der Waals surface area contributed by atoms with Gasteiger partial charge in [0.05, 0.1) is 13.0 Å². The molecule has 4 nitrogen and oxygen atoms in total. The van der Waals surface area contributed by atoms with Gasteiger partial charge in [-0.25, -0.2) is 0 Å². The Morgan fingerprint density at radius 1 is 1.08 bits per heavy atom. The van der Waals surface area contributed by atoms with Gasteiger partial charge < -0.3 is 10.0 Å². The lowest BCUT2D eigenvalue weighted by atomic mass is 10.1. The lowest BCUT2D eigenvalue weighted by molar-refractivity contribution is -0.131. The zero-order valence-corrected chi connectivity index (χ0v) is 14.4. The van der Waals surface area contributed by atoms with Crippen LogP contribution in [0, 0.1) is 6.92 Å². The van der Waals surface area contributed by atoms with Crippen LogP contribution in [0.1, 0.15) is 16.7 Å². The fraction of sp³-hybridized carbons (Fsp3) is 0.238. The molecule has 1 aromatic heterocycles. The quantitative estimate of drug-likeness (QED) is 0.753. The Labute approximate surface area is 147 Å². The number of carbonyl (C=O) groups excluding carboxylic acids is 1. The molecule has 0 aliphatic heterocycles. The van der Waals surface area contributed by atoms with Crippen LogP contribution in [0.4, 0.5) is 0 Å². The van der Waals surface area contributed by atoms with Crippen molar-refractivity contribution < 1.29 is 9.90 Å². The van der Waals surface area contributed by atoms with Gasteiger partial charge in [0, 0.05) is 30.9 Å². The van der Waals surface area contributed by atoms with Crippen molar-refractivity contribution in [3.8, 4) is 0 Å². The van der Waals surface area contributed by atoms with Crippen molar-refractivity contribution in [2.45, 2.75) is 19.9 Å². The Morgan fingerprint density at radius 3 is 2.76 bits per heavy atom. The zero-order valence-electron chi connectivity index (χ0n) is 14.4. The summed E-state index contributed by atoms with van der Waals surface area (Å²) in [7, 11) is 0. The Hall–Kier alpha value is -2.72. The van der Waals surface area contributed by atoms with Gasteiger partial charge in [-0.3, -0.25) is 9.78 Å². The molecule has 128 valence electrons. The summed E-state index contributed by atoms with van der Waals surface area (Å²) in [6.07, 6.45) is 3.89. The number of carbonyl (C=O) groups is 1. The fourth-order valence-electron chi connectivity index (χ4n) is 2.97. The number of nitrogens with zero attached hydrogens (tertiary/aromatic N) is 2. The largest absolute Gasteiger partial charge is 0.395 e. The molecule has 0 fully saturated rings. The molecule has 0 aliphatic carbocycles. The molecule has 2 aromatic carbocycles. The molecule has 1 amide bonds. The number of hydrogen-bond acceptors (Lipinski definition) is 3. The summed E-state index contributed by atoms with van der Waals surface area (Å²) in [5.74, 6) is 0.0176. The third kappa shape index (κ3) is 4.43. The third-order valence-corrected chi connectivity index (χ3v) is 4.24. The molecule has 0 saturated heterocycles. The normalized spacial score (nSPS) is 10.8. The second kappa shape index (κ2) is 7.90. The number of aliphatic hydroxyl groups excluding tert-OH is 1. The first-order chi connectivity index (χ1) is 12.2. The highest BCUT2D eigenvalue weighted by molar-refractivity contribution is 5.84. The van der Waals surface area contributed by atoms with E-state index in [4.69, 9.17) is 0 Å². The first kappa shape index (κ1) is 17.1. The first-order valence-electron chi connectivity index (χ1n) is 8.42. The van der Waals surface area contributed by atoms with Crippen LogP contribution in [0.2, 0.25) is 0 Å². The van der Waals surface area contributed by atoms with E-state index in [1.54, 1.807) is 11.1 Å². The highest BCUT2D eigenvalue weighted by Crippen LogP contribution is 2.16. The Balaban J connectivity index is 1.75. The summed E-state index contributed by atoms with van der Waals surface area (Å²) in [5, 5.41) is 11.5. The molecule has 0 atom stereocenters. The number of fused-ring (bicyclic) bond motifs is 1. The summed E-state index contributed by atoms with van der Waals surface area (Å²) < 4.78 is 0. The van der Waals surface area contributed by atoms with Gasteiger partial charge in [0.15, 0.2) is 0 Å². The van der Waals surface area contributed by atoms with Crippen LogP contribution < -0.4 is 0 Å². The molecule has 1 N–H and O–H groups in total. The van der Waals surface area contributed by atoms with E-state index in [9.17, 15) is 9.90 Å². The van der Waals surface area contributed by atoms with Gasteiger partial charge in [-0.2, -0.15) is 0 Å². The van der Waals surface area contributed by atoms with E-state index in [0.717, 1.165) is 27.5 Å². The summed E-state index contributed by atoms with van der Waals surface area (Å²) in [5.41, 5.74) is 3.21. The van der Waals surface area contributed by atoms with Crippen LogP contribution in [0.5, 0.6) is 0 Å². The van der Waals surface area contributed by atoms with Gasteiger partial charge in [0.25, 0.3) is 0 Å². The smallest absolute Gasteiger partial charge is 0.227 e. The number of aromatic nitrogens is 1. The van der Waals surface area contributed by atoms with Crippen LogP contribution in [0.25, 0.3) is 10.8 Å². The Morgan fingerprint density at radius 2 is 1.96 bits per heavy atom. The number of hydrogen-bond donors (Lipinski definition) is 1. The third-order valence-electron chi connectivity index (χ3n) is 4.24. The van der Waals surface area contributed by atoms with Crippen molar-refractivity contribution in [3.63, 3.8) is 0 Å². The standard InChI is InChI=1S/C21H22N2O2/c1-16-3-2-4-18(11-16)15-23(9-10-24)21(25)13-17-5-6-20-14-22-8-7-19(20)12-17/h2-8,11-12,14,24H,9-10,13,15H2,1H3. The molecule has 0 unspecified atom stereocenters. The molecular formula is C21H22N2O2. The summed E-state index contributed by atoms with van der Waals surface area (Å²) in [4.78, 5) is 18.6. The van der Waals surface area contributed by atoms with Crippen molar-refractivity contribution in [2.75, 3.05) is 13.2 Å². The number of rotatable bonds is 6. The number of amides is 1. The molecule has 3 aromatic rings.